The smallest absolute Gasteiger partial charge is 0.349 e. The van der Waals surface area contributed by atoms with Gasteiger partial charge in [0, 0.05) is 6.04 Å². The largest absolute Gasteiger partial charge is 0.391 e. The maximum Gasteiger partial charge on any atom is 0.391 e. The molecule has 1 atom stereocenters. The van der Waals surface area contributed by atoms with Crippen molar-refractivity contribution in [3.63, 3.8) is 0 Å². The summed E-state index contributed by atoms with van der Waals surface area (Å²) in [4.78, 5) is 11.9. The molecule has 2 nitrogen and oxygen atoms in total. The fraction of sp³-hybridized carbons (Fsp3) is 0.444. The van der Waals surface area contributed by atoms with Crippen LogP contribution in [-0.2, 0) is 0 Å². The van der Waals surface area contributed by atoms with Gasteiger partial charge in [0.15, 0.2) is 0 Å². The SMILES string of the molecule is CC(CC(F)(F)F)NC(=O)c1ccc(Br)s1. The Morgan fingerprint density at radius 2 is 2.19 bits per heavy atom. The summed E-state index contributed by atoms with van der Waals surface area (Å²) in [5.41, 5.74) is 0. The lowest BCUT2D eigenvalue weighted by atomic mass is 10.2. The molecular formula is C9H9BrF3NOS. The Balaban J connectivity index is 2.52. The minimum Gasteiger partial charge on any atom is -0.349 e. The van der Waals surface area contributed by atoms with Crippen molar-refractivity contribution in [2.75, 3.05) is 0 Å². The average Bonchev–Trinajstić information content (AvgIpc) is 2.47. The van der Waals surface area contributed by atoms with E-state index in [9.17, 15) is 18.0 Å². The van der Waals surface area contributed by atoms with Gasteiger partial charge in [-0.3, -0.25) is 4.79 Å². The molecule has 0 radical (unpaired) electrons. The number of halogens is 4. The lowest BCUT2D eigenvalue weighted by molar-refractivity contribution is -0.138. The van der Waals surface area contributed by atoms with Gasteiger partial charge >= 0.3 is 6.18 Å². The van der Waals surface area contributed by atoms with E-state index in [1.807, 2.05) is 0 Å². The summed E-state index contributed by atoms with van der Waals surface area (Å²) < 4.78 is 36.8. The van der Waals surface area contributed by atoms with Crippen LogP contribution in [0.2, 0.25) is 0 Å². The molecule has 0 aliphatic carbocycles. The molecule has 1 N–H and O–H groups in total. The van der Waals surface area contributed by atoms with Crippen LogP contribution >= 0.6 is 27.3 Å². The second-order valence-electron chi connectivity index (χ2n) is 3.30. The van der Waals surface area contributed by atoms with Crippen molar-refractivity contribution in [1.82, 2.24) is 5.32 Å². The van der Waals surface area contributed by atoms with Gasteiger partial charge in [0.25, 0.3) is 5.91 Å². The molecule has 0 spiro atoms. The minimum atomic E-state index is -4.26. The topological polar surface area (TPSA) is 29.1 Å². The highest BCUT2D eigenvalue weighted by molar-refractivity contribution is 9.11. The Bertz CT molecular complexity index is 377. The van der Waals surface area contributed by atoms with Crippen molar-refractivity contribution >= 4 is 33.2 Å². The third kappa shape index (κ3) is 4.52. The van der Waals surface area contributed by atoms with Gasteiger partial charge in [-0.2, -0.15) is 13.2 Å². The van der Waals surface area contributed by atoms with E-state index in [4.69, 9.17) is 0 Å². The Morgan fingerprint density at radius 3 is 2.62 bits per heavy atom. The van der Waals surface area contributed by atoms with Gasteiger partial charge in [-0.05, 0) is 35.0 Å². The van der Waals surface area contributed by atoms with Crippen LogP contribution < -0.4 is 5.32 Å². The zero-order valence-electron chi connectivity index (χ0n) is 8.27. The summed E-state index contributed by atoms with van der Waals surface area (Å²) in [6, 6.07) is 2.31. The molecule has 16 heavy (non-hydrogen) atoms. The molecule has 1 aromatic rings. The minimum absolute atomic E-state index is 0.390. The number of hydrogen-bond donors (Lipinski definition) is 1. The predicted molar refractivity (Wildman–Crippen MR) is 59.6 cm³/mol. The van der Waals surface area contributed by atoms with E-state index in [0.717, 1.165) is 3.79 Å². The lowest BCUT2D eigenvalue weighted by Crippen LogP contribution is -2.35. The molecule has 0 aromatic carbocycles. The van der Waals surface area contributed by atoms with Gasteiger partial charge in [-0.15, -0.1) is 11.3 Å². The third-order valence-corrected chi connectivity index (χ3v) is 3.33. The summed E-state index contributed by atoms with van der Waals surface area (Å²) in [5, 5.41) is 2.30. The Labute approximate surface area is 103 Å². The normalized spacial score (nSPS) is 13.6. The third-order valence-electron chi connectivity index (χ3n) is 1.71. The zero-order chi connectivity index (χ0) is 12.3. The second kappa shape index (κ2) is 5.18. The van der Waals surface area contributed by atoms with E-state index in [2.05, 4.69) is 21.2 Å². The summed E-state index contributed by atoms with van der Waals surface area (Å²) in [7, 11) is 0. The first-order valence-electron chi connectivity index (χ1n) is 4.41. The fourth-order valence-electron chi connectivity index (χ4n) is 1.13. The molecule has 7 heteroatoms. The summed E-state index contributed by atoms with van der Waals surface area (Å²) in [6.07, 6.45) is -5.28. The Kier molecular flexibility index (Phi) is 4.37. The summed E-state index contributed by atoms with van der Waals surface area (Å²) >= 11 is 4.35. The van der Waals surface area contributed by atoms with Crippen LogP contribution in [0.25, 0.3) is 0 Å². The maximum absolute atomic E-state index is 12.0. The molecule has 90 valence electrons. The van der Waals surface area contributed by atoms with E-state index in [1.54, 1.807) is 12.1 Å². The number of nitrogens with one attached hydrogen (secondary N) is 1. The van der Waals surface area contributed by atoms with Crippen molar-refractivity contribution in [3.8, 4) is 0 Å². The van der Waals surface area contributed by atoms with E-state index < -0.39 is 24.5 Å². The Morgan fingerprint density at radius 1 is 1.56 bits per heavy atom. The highest BCUT2D eigenvalue weighted by Gasteiger charge is 2.30. The number of carbonyl (C=O) groups is 1. The van der Waals surface area contributed by atoms with Crippen LogP contribution in [-0.4, -0.2) is 18.1 Å². The number of alkyl halides is 3. The van der Waals surface area contributed by atoms with E-state index in [0.29, 0.717) is 4.88 Å². The average molecular weight is 316 g/mol. The zero-order valence-corrected chi connectivity index (χ0v) is 10.7. The predicted octanol–water partition coefficient (Wildman–Crippen LogP) is 3.58. The molecule has 1 amide bonds. The van der Waals surface area contributed by atoms with Gasteiger partial charge < -0.3 is 5.32 Å². The van der Waals surface area contributed by atoms with E-state index >= 15 is 0 Å². The molecule has 1 heterocycles. The number of thiophene rings is 1. The van der Waals surface area contributed by atoms with Crippen LogP contribution in [0.5, 0.6) is 0 Å². The molecule has 0 fully saturated rings. The lowest BCUT2D eigenvalue weighted by Gasteiger charge is -2.15. The quantitative estimate of drug-likeness (QED) is 0.907. The van der Waals surface area contributed by atoms with E-state index in [-0.39, 0.29) is 0 Å². The number of hydrogen-bond acceptors (Lipinski definition) is 2. The summed E-state index contributed by atoms with van der Waals surface area (Å²) in [5.74, 6) is -0.479. The maximum atomic E-state index is 12.0. The van der Waals surface area contributed by atoms with Gasteiger partial charge in [-0.25, -0.2) is 0 Å². The first-order chi connectivity index (χ1) is 7.28. The molecule has 0 saturated carbocycles. The van der Waals surface area contributed by atoms with Crippen LogP contribution in [0.4, 0.5) is 13.2 Å². The van der Waals surface area contributed by atoms with Gasteiger partial charge in [0.2, 0.25) is 0 Å². The fourth-order valence-corrected chi connectivity index (χ4v) is 2.42. The highest BCUT2D eigenvalue weighted by atomic mass is 79.9. The molecule has 1 rings (SSSR count). The molecular weight excluding hydrogens is 307 g/mol. The Hall–Kier alpha value is -0.560. The number of amides is 1. The van der Waals surface area contributed by atoms with Crippen LogP contribution in [0.15, 0.2) is 15.9 Å². The standard InChI is InChI=1S/C9H9BrF3NOS/c1-5(4-9(11,12)13)14-8(15)6-2-3-7(10)16-6/h2-3,5H,4H2,1H3,(H,14,15). The highest BCUT2D eigenvalue weighted by Crippen LogP contribution is 2.23. The molecule has 0 aliphatic rings. The molecule has 0 aliphatic heterocycles. The van der Waals surface area contributed by atoms with Crippen molar-refractivity contribution < 1.29 is 18.0 Å². The van der Waals surface area contributed by atoms with Crippen molar-refractivity contribution in [1.29, 1.82) is 0 Å². The van der Waals surface area contributed by atoms with Gasteiger partial charge in [0.1, 0.15) is 0 Å². The van der Waals surface area contributed by atoms with E-state index in [1.165, 1.54) is 18.3 Å². The molecule has 1 unspecified atom stereocenters. The molecule has 0 saturated heterocycles. The monoisotopic (exact) mass is 315 g/mol. The number of rotatable bonds is 3. The van der Waals surface area contributed by atoms with Crippen LogP contribution in [0, 0.1) is 0 Å². The molecule has 0 bridgehead atoms. The second-order valence-corrected chi connectivity index (χ2v) is 5.76. The van der Waals surface area contributed by atoms with Crippen LogP contribution in [0.3, 0.4) is 0 Å². The van der Waals surface area contributed by atoms with Gasteiger partial charge in [0.05, 0.1) is 15.1 Å². The van der Waals surface area contributed by atoms with Crippen molar-refractivity contribution in [2.24, 2.45) is 0 Å². The number of carbonyl (C=O) groups excluding carboxylic acids is 1. The van der Waals surface area contributed by atoms with Crippen LogP contribution in [0.1, 0.15) is 23.0 Å². The summed E-state index contributed by atoms with van der Waals surface area (Å²) in [6.45, 7) is 1.33. The van der Waals surface area contributed by atoms with Crippen molar-refractivity contribution in [2.45, 2.75) is 25.6 Å². The molecule has 1 aromatic heterocycles. The van der Waals surface area contributed by atoms with Gasteiger partial charge in [-0.1, -0.05) is 0 Å². The van der Waals surface area contributed by atoms with Crippen molar-refractivity contribution in [3.05, 3.63) is 20.8 Å². The first-order valence-corrected chi connectivity index (χ1v) is 6.02. The first kappa shape index (κ1) is 13.5.